The number of nitrogens with one attached hydrogen (secondary N) is 1. The number of methoxy groups -OCH3 is 1. The van der Waals surface area contributed by atoms with E-state index in [9.17, 15) is 14.4 Å². The molecule has 2 saturated heterocycles. The van der Waals surface area contributed by atoms with Gasteiger partial charge in [0.05, 0.1) is 19.2 Å². The zero-order chi connectivity index (χ0) is 21.1. The predicted molar refractivity (Wildman–Crippen MR) is 112 cm³/mol. The van der Waals surface area contributed by atoms with E-state index < -0.39 is 18.0 Å². The number of likely N-dealkylation sites (tertiary alicyclic amines) is 1. The number of ether oxygens (including phenoxy) is 1. The van der Waals surface area contributed by atoms with Gasteiger partial charge in [-0.15, -0.1) is 0 Å². The summed E-state index contributed by atoms with van der Waals surface area (Å²) in [6.07, 6.45) is 1.78. The fourth-order valence-electron chi connectivity index (χ4n) is 4.14. The summed E-state index contributed by atoms with van der Waals surface area (Å²) >= 11 is 0. The highest BCUT2D eigenvalue weighted by atomic mass is 16.5. The number of carbonyl (C=O) groups excluding carboxylic acids is 3. The lowest BCUT2D eigenvalue weighted by molar-refractivity contribution is -0.134. The Morgan fingerprint density at radius 3 is 2.33 bits per heavy atom. The largest absolute Gasteiger partial charge is 0.497 e. The predicted octanol–water partition coefficient (Wildman–Crippen LogP) is 2.92. The topological polar surface area (TPSA) is 79.0 Å². The van der Waals surface area contributed by atoms with E-state index in [1.807, 2.05) is 18.2 Å². The highest BCUT2D eigenvalue weighted by Gasteiger charge is 2.41. The van der Waals surface area contributed by atoms with Crippen molar-refractivity contribution in [1.29, 1.82) is 0 Å². The van der Waals surface area contributed by atoms with E-state index in [-0.39, 0.29) is 12.3 Å². The second-order valence-corrected chi connectivity index (χ2v) is 7.64. The first-order chi connectivity index (χ1) is 14.6. The van der Waals surface area contributed by atoms with Crippen molar-refractivity contribution >= 4 is 23.5 Å². The van der Waals surface area contributed by atoms with E-state index >= 15 is 0 Å². The van der Waals surface area contributed by atoms with Crippen molar-refractivity contribution in [2.24, 2.45) is 0 Å². The van der Waals surface area contributed by atoms with Crippen LogP contribution in [0.5, 0.6) is 5.75 Å². The summed E-state index contributed by atoms with van der Waals surface area (Å²) in [5.74, 6) is 0.583. The Kier molecular flexibility index (Phi) is 5.70. The first-order valence-corrected chi connectivity index (χ1v) is 10.2. The molecule has 7 nitrogen and oxygen atoms in total. The number of hydrogen-bond donors (Lipinski definition) is 1. The van der Waals surface area contributed by atoms with Crippen LogP contribution in [0, 0.1) is 0 Å². The van der Waals surface area contributed by atoms with Gasteiger partial charge >= 0.3 is 6.03 Å². The molecule has 1 atom stereocenters. The molecule has 4 rings (SSSR count). The molecule has 156 valence electrons. The average molecular weight is 407 g/mol. The molecular weight excluding hydrogens is 382 g/mol. The third-order valence-corrected chi connectivity index (χ3v) is 5.85. The van der Waals surface area contributed by atoms with Gasteiger partial charge in [0.1, 0.15) is 11.8 Å². The number of anilines is 1. The molecule has 0 aromatic heterocycles. The fraction of sp³-hybridized carbons (Fsp3) is 0.348. The lowest BCUT2D eigenvalue weighted by Gasteiger charge is -2.32. The Labute approximate surface area is 175 Å². The van der Waals surface area contributed by atoms with E-state index in [0.717, 1.165) is 17.7 Å². The summed E-state index contributed by atoms with van der Waals surface area (Å²) in [7, 11) is 1.55. The SMILES string of the molecule is COc1ccc(N2C(=O)N[C@H](CC(=O)N3CCC(c4ccccc4)CC3)C2=O)cc1. The van der Waals surface area contributed by atoms with Crippen molar-refractivity contribution in [2.75, 3.05) is 25.1 Å². The van der Waals surface area contributed by atoms with Gasteiger partial charge in [0.25, 0.3) is 5.91 Å². The molecule has 1 N–H and O–H groups in total. The van der Waals surface area contributed by atoms with Crippen molar-refractivity contribution in [3.8, 4) is 5.75 Å². The molecule has 2 heterocycles. The summed E-state index contributed by atoms with van der Waals surface area (Å²) in [4.78, 5) is 40.8. The van der Waals surface area contributed by atoms with Crippen LogP contribution in [-0.4, -0.2) is 49.0 Å². The smallest absolute Gasteiger partial charge is 0.329 e. The van der Waals surface area contributed by atoms with Crippen LogP contribution in [0.25, 0.3) is 0 Å². The second kappa shape index (κ2) is 8.57. The Balaban J connectivity index is 1.34. The molecule has 2 aliphatic heterocycles. The molecule has 4 amide bonds. The van der Waals surface area contributed by atoms with Gasteiger partial charge in [-0.3, -0.25) is 9.59 Å². The van der Waals surface area contributed by atoms with E-state index in [2.05, 4.69) is 17.4 Å². The summed E-state index contributed by atoms with van der Waals surface area (Å²) in [6.45, 7) is 1.32. The van der Waals surface area contributed by atoms with Crippen LogP contribution in [0.3, 0.4) is 0 Å². The van der Waals surface area contributed by atoms with Crippen LogP contribution in [0.4, 0.5) is 10.5 Å². The van der Waals surface area contributed by atoms with Gasteiger partial charge in [0.15, 0.2) is 0 Å². The van der Waals surface area contributed by atoms with Gasteiger partial charge in [-0.25, -0.2) is 9.69 Å². The molecule has 0 saturated carbocycles. The number of hydrogen-bond acceptors (Lipinski definition) is 4. The molecule has 2 aromatic rings. The maximum atomic E-state index is 12.8. The van der Waals surface area contributed by atoms with Gasteiger partial charge in [-0.1, -0.05) is 30.3 Å². The number of piperidine rings is 1. The number of amides is 4. The summed E-state index contributed by atoms with van der Waals surface area (Å²) in [5.41, 5.74) is 1.76. The normalized spacial score (nSPS) is 19.7. The number of imide groups is 1. The van der Waals surface area contributed by atoms with Gasteiger partial charge in [-0.2, -0.15) is 0 Å². The highest BCUT2D eigenvalue weighted by molar-refractivity contribution is 6.22. The van der Waals surface area contributed by atoms with Crippen LogP contribution in [0.2, 0.25) is 0 Å². The first-order valence-electron chi connectivity index (χ1n) is 10.2. The van der Waals surface area contributed by atoms with Crippen LogP contribution in [0.15, 0.2) is 54.6 Å². The zero-order valence-corrected chi connectivity index (χ0v) is 16.9. The molecular formula is C23H25N3O4. The van der Waals surface area contributed by atoms with Crippen LogP contribution < -0.4 is 15.0 Å². The second-order valence-electron chi connectivity index (χ2n) is 7.64. The van der Waals surface area contributed by atoms with Crippen molar-refractivity contribution < 1.29 is 19.1 Å². The van der Waals surface area contributed by atoms with Crippen LogP contribution in [-0.2, 0) is 9.59 Å². The van der Waals surface area contributed by atoms with Gasteiger partial charge in [0, 0.05) is 13.1 Å². The zero-order valence-electron chi connectivity index (χ0n) is 16.9. The van der Waals surface area contributed by atoms with Crippen molar-refractivity contribution in [3.05, 3.63) is 60.2 Å². The van der Waals surface area contributed by atoms with E-state index in [4.69, 9.17) is 4.74 Å². The van der Waals surface area contributed by atoms with E-state index in [0.29, 0.717) is 30.4 Å². The number of rotatable bonds is 5. The quantitative estimate of drug-likeness (QED) is 0.773. The molecule has 0 bridgehead atoms. The maximum absolute atomic E-state index is 12.8. The Bertz CT molecular complexity index is 921. The minimum absolute atomic E-state index is 0.0206. The average Bonchev–Trinajstić information content (AvgIpc) is 3.07. The van der Waals surface area contributed by atoms with Gasteiger partial charge < -0.3 is 15.0 Å². The Hall–Kier alpha value is -3.35. The Morgan fingerprint density at radius 1 is 1.03 bits per heavy atom. The van der Waals surface area contributed by atoms with E-state index in [1.165, 1.54) is 5.56 Å². The molecule has 2 fully saturated rings. The number of nitrogens with zero attached hydrogens (tertiary/aromatic N) is 2. The highest BCUT2D eigenvalue weighted by Crippen LogP contribution is 2.29. The fourth-order valence-corrected chi connectivity index (χ4v) is 4.14. The van der Waals surface area contributed by atoms with Gasteiger partial charge in [-0.05, 0) is 48.6 Å². The molecule has 30 heavy (non-hydrogen) atoms. The monoisotopic (exact) mass is 407 g/mol. The van der Waals surface area contributed by atoms with Gasteiger partial charge in [0.2, 0.25) is 5.91 Å². The molecule has 0 unspecified atom stereocenters. The summed E-state index contributed by atoms with van der Waals surface area (Å²) < 4.78 is 5.11. The third-order valence-electron chi connectivity index (χ3n) is 5.85. The molecule has 2 aromatic carbocycles. The molecule has 0 aliphatic carbocycles. The summed E-state index contributed by atoms with van der Waals surface area (Å²) in [5, 5.41) is 2.64. The lowest BCUT2D eigenvalue weighted by atomic mass is 9.89. The number of carbonyl (C=O) groups is 3. The Morgan fingerprint density at radius 2 is 1.70 bits per heavy atom. The molecule has 2 aliphatic rings. The van der Waals surface area contributed by atoms with Crippen molar-refractivity contribution in [1.82, 2.24) is 10.2 Å². The van der Waals surface area contributed by atoms with Crippen LogP contribution in [0.1, 0.15) is 30.7 Å². The van der Waals surface area contributed by atoms with E-state index in [1.54, 1.807) is 36.3 Å². The summed E-state index contributed by atoms with van der Waals surface area (Å²) in [6, 6.07) is 15.7. The number of urea groups is 1. The molecule has 7 heteroatoms. The first kappa shape index (κ1) is 19.9. The van der Waals surface area contributed by atoms with Crippen LogP contribution >= 0.6 is 0 Å². The molecule has 0 radical (unpaired) electrons. The number of benzene rings is 2. The lowest BCUT2D eigenvalue weighted by Crippen LogP contribution is -2.42. The minimum atomic E-state index is -0.834. The maximum Gasteiger partial charge on any atom is 0.329 e. The standard InChI is InChI=1S/C23H25N3O4/c1-30-19-9-7-18(8-10-19)26-22(28)20(24-23(26)29)15-21(27)25-13-11-17(12-14-25)16-5-3-2-4-6-16/h2-10,17,20H,11-15H2,1H3,(H,24,29)/t20-/m1/s1. The van der Waals surface area contributed by atoms with Crippen molar-refractivity contribution in [2.45, 2.75) is 31.2 Å². The van der Waals surface area contributed by atoms with Crippen molar-refractivity contribution in [3.63, 3.8) is 0 Å². The molecule has 0 spiro atoms. The minimum Gasteiger partial charge on any atom is -0.497 e. The third kappa shape index (κ3) is 4.01.